The number of halogens is 2. The van der Waals surface area contributed by atoms with Crippen LogP contribution >= 0.6 is 11.8 Å². The standard InChI is InChI=1S/C14H12F2N2O3S/c1-3-18-13(20)11(7-12(19)21-2)22-14(18)17-8-4-5-9(15)10(16)6-8/h4-7H,3H2,1-2H3/b11-7+,17-14?. The van der Waals surface area contributed by atoms with Gasteiger partial charge in [-0.15, -0.1) is 0 Å². The average Bonchev–Trinajstić information content (AvgIpc) is 2.78. The first-order valence-electron chi connectivity index (χ1n) is 6.29. The van der Waals surface area contributed by atoms with Gasteiger partial charge in [0, 0.05) is 18.7 Å². The first-order valence-corrected chi connectivity index (χ1v) is 7.11. The number of aliphatic imine (C=N–C) groups is 1. The second-order valence-electron chi connectivity index (χ2n) is 4.18. The summed E-state index contributed by atoms with van der Waals surface area (Å²) >= 11 is 0.971. The lowest BCUT2D eigenvalue weighted by Crippen LogP contribution is -2.28. The largest absolute Gasteiger partial charge is 0.466 e. The van der Waals surface area contributed by atoms with Gasteiger partial charge in [0.2, 0.25) is 0 Å². The van der Waals surface area contributed by atoms with Crippen molar-refractivity contribution in [3.63, 3.8) is 0 Å². The lowest BCUT2D eigenvalue weighted by Gasteiger charge is -2.11. The van der Waals surface area contributed by atoms with Crippen LogP contribution in [0.4, 0.5) is 14.5 Å². The van der Waals surface area contributed by atoms with Crippen LogP contribution in [-0.2, 0) is 14.3 Å². The van der Waals surface area contributed by atoms with Crippen LogP contribution in [0.1, 0.15) is 6.92 Å². The summed E-state index contributed by atoms with van der Waals surface area (Å²) in [6, 6.07) is 3.19. The highest BCUT2D eigenvalue weighted by atomic mass is 32.2. The van der Waals surface area contributed by atoms with E-state index in [2.05, 4.69) is 9.73 Å². The van der Waals surface area contributed by atoms with E-state index in [9.17, 15) is 18.4 Å². The molecular formula is C14H12F2N2O3S. The van der Waals surface area contributed by atoms with E-state index in [-0.39, 0.29) is 21.7 Å². The first-order chi connectivity index (χ1) is 10.5. The molecule has 8 heteroatoms. The number of amides is 1. The minimum Gasteiger partial charge on any atom is -0.466 e. The molecule has 1 aromatic rings. The summed E-state index contributed by atoms with van der Waals surface area (Å²) in [6.07, 6.45) is 1.07. The highest BCUT2D eigenvalue weighted by Gasteiger charge is 2.33. The Morgan fingerprint density at radius 2 is 2.14 bits per heavy atom. The van der Waals surface area contributed by atoms with Crippen LogP contribution in [0.3, 0.4) is 0 Å². The number of benzene rings is 1. The summed E-state index contributed by atoms with van der Waals surface area (Å²) < 4.78 is 30.6. The molecule has 2 rings (SSSR count). The van der Waals surface area contributed by atoms with Crippen molar-refractivity contribution in [2.45, 2.75) is 6.92 Å². The van der Waals surface area contributed by atoms with Gasteiger partial charge in [-0.1, -0.05) is 0 Å². The van der Waals surface area contributed by atoms with Crippen LogP contribution in [-0.4, -0.2) is 35.6 Å². The Bertz CT molecular complexity index is 689. The van der Waals surface area contributed by atoms with Crippen LogP contribution in [0.2, 0.25) is 0 Å². The number of methoxy groups -OCH3 is 1. The topological polar surface area (TPSA) is 59.0 Å². The van der Waals surface area contributed by atoms with Crippen molar-refractivity contribution in [3.05, 3.63) is 40.8 Å². The molecule has 0 aliphatic carbocycles. The zero-order valence-electron chi connectivity index (χ0n) is 11.8. The molecule has 1 aromatic carbocycles. The predicted molar refractivity (Wildman–Crippen MR) is 78.5 cm³/mol. The van der Waals surface area contributed by atoms with E-state index in [0.717, 1.165) is 30.0 Å². The number of likely N-dealkylation sites (N-methyl/N-ethyl adjacent to an activating group) is 1. The van der Waals surface area contributed by atoms with E-state index in [1.807, 2.05) is 0 Å². The molecule has 0 radical (unpaired) electrons. The first kappa shape index (κ1) is 16.2. The molecule has 0 spiro atoms. The molecular weight excluding hydrogens is 314 g/mol. The predicted octanol–water partition coefficient (Wildman–Crippen LogP) is 2.60. The van der Waals surface area contributed by atoms with Crippen molar-refractivity contribution >= 4 is 34.5 Å². The van der Waals surface area contributed by atoms with Gasteiger partial charge in [0.05, 0.1) is 17.7 Å². The highest BCUT2D eigenvalue weighted by molar-refractivity contribution is 8.18. The number of carbonyl (C=O) groups is 2. The summed E-state index contributed by atoms with van der Waals surface area (Å²) in [5.41, 5.74) is 0.173. The summed E-state index contributed by atoms with van der Waals surface area (Å²) in [5, 5.41) is 0.286. The van der Waals surface area contributed by atoms with Gasteiger partial charge in [0.15, 0.2) is 16.8 Å². The van der Waals surface area contributed by atoms with Crippen LogP contribution in [0.25, 0.3) is 0 Å². The maximum atomic E-state index is 13.2. The number of nitrogens with zero attached hydrogens (tertiary/aromatic N) is 2. The van der Waals surface area contributed by atoms with Crippen molar-refractivity contribution in [2.24, 2.45) is 4.99 Å². The second-order valence-corrected chi connectivity index (χ2v) is 5.19. The monoisotopic (exact) mass is 326 g/mol. The maximum Gasteiger partial charge on any atom is 0.331 e. The zero-order valence-corrected chi connectivity index (χ0v) is 12.6. The Morgan fingerprint density at radius 1 is 1.41 bits per heavy atom. The molecule has 0 unspecified atom stereocenters. The fourth-order valence-corrected chi connectivity index (χ4v) is 2.72. The van der Waals surface area contributed by atoms with E-state index in [0.29, 0.717) is 6.54 Å². The normalized spacial score (nSPS) is 18.4. The number of esters is 1. The third-order valence-electron chi connectivity index (χ3n) is 2.78. The van der Waals surface area contributed by atoms with Gasteiger partial charge >= 0.3 is 5.97 Å². The number of carbonyl (C=O) groups excluding carboxylic acids is 2. The van der Waals surface area contributed by atoms with Crippen LogP contribution < -0.4 is 0 Å². The lowest BCUT2D eigenvalue weighted by atomic mass is 10.3. The number of hydrogen-bond acceptors (Lipinski definition) is 5. The van der Waals surface area contributed by atoms with E-state index in [1.54, 1.807) is 6.92 Å². The minimum atomic E-state index is -1.02. The molecule has 1 aliphatic heterocycles. The second kappa shape index (κ2) is 6.69. The van der Waals surface area contributed by atoms with Gasteiger partial charge < -0.3 is 4.74 Å². The summed E-state index contributed by atoms with van der Waals surface area (Å²) in [6.45, 7) is 2.06. The third-order valence-corrected chi connectivity index (χ3v) is 3.79. The van der Waals surface area contributed by atoms with E-state index in [1.165, 1.54) is 18.1 Å². The molecule has 0 atom stereocenters. The fourth-order valence-electron chi connectivity index (χ4n) is 1.70. The Balaban J connectivity index is 2.35. The van der Waals surface area contributed by atoms with E-state index in [4.69, 9.17) is 0 Å². The third kappa shape index (κ3) is 3.33. The molecule has 5 nitrogen and oxygen atoms in total. The Morgan fingerprint density at radius 3 is 2.73 bits per heavy atom. The fraction of sp³-hybridized carbons (Fsp3) is 0.214. The van der Waals surface area contributed by atoms with Gasteiger partial charge in [-0.3, -0.25) is 9.69 Å². The smallest absolute Gasteiger partial charge is 0.331 e. The van der Waals surface area contributed by atoms with Gasteiger partial charge in [0.25, 0.3) is 5.91 Å². The van der Waals surface area contributed by atoms with Gasteiger partial charge in [-0.25, -0.2) is 18.6 Å². The molecule has 1 amide bonds. The summed E-state index contributed by atoms with van der Waals surface area (Å²) in [5.74, 6) is -3.04. The van der Waals surface area contributed by atoms with Crippen molar-refractivity contribution in [1.82, 2.24) is 4.90 Å². The lowest BCUT2D eigenvalue weighted by molar-refractivity contribution is -0.135. The number of rotatable bonds is 3. The number of ether oxygens (including phenoxy) is 1. The molecule has 22 heavy (non-hydrogen) atoms. The molecule has 0 aromatic heterocycles. The molecule has 1 heterocycles. The molecule has 116 valence electrons. The highest BCUT2D eigenvalue weighted by Crippen LogP contribution is 2.32. The molecule has 0 bridgehead atoms. The average molecular weight is 326 g/mol. The molecule has 0 saturated carbocycles. The number of thioether (sulfide) groups is 1. The van der Waals surface area contributed by atoms with Gasteiger partial charge in [-0.2, -0.15) is 0 Å². The van der Waals surface area contributed by atoms with Gasteiger partial charge in [-0.05, 0) is 30.8 Å². The van der Waals surface area contributed by atoms with Crippen molar-refractivity contribution in [3.8, 4) is 0 Å². The number of hydrogen-bond donors (Lipinski definition) is 0. The van der Waals surface area contributed by atoms with E-state index < -0.39 is 17.6 Å². The van der Waals surface area contributed by atoms with Crippen molar-refractivity contribution < 1.29 is 23.1 Å². The number of amidine groups is 1. The minimum absolute atomic E-state index is 0.162. The van der Waals surface area contributed by atoms with E-state index >= 15 is 0 Å². The molecule has 1 fully saturated rings. The Kier molecular flexibility index (Phi) is 4.92. The molecule has 1 aliphatic rings. The van der Waals surface area contributed by atoms with Gasteiger partial charge in [0.1, 0.15) is 0 Å². The summed E-state index contributed by atoms with van der Waals surface area (Å²) in [7, 11) is 1.21. The maximum absolute atomic E-state index is 13.2. The molecule has 0 N–H and O–H groups in total. The van der Waals surface area contributed by atoms with Crippen LogP contribution in [0.15, 0.2) is 34.2 Å². The molecule has 1 saturated heterocycles. The summed E-state index contributed by atoms with van der Waals surface area (Å²) in [4.78, 5) is 29.0. The quantitative estimate of drug-likeness (QED) is 0.633. The van der Waals surface area contributed by atoms with Crippen LogP contribution in [0.5, 0.6) is 0 Å². The Labute approximate surface area is 129 Å². The SMILES string of the molecule is CCN1C(=O)/C(=C\C(=O)OC)SC1=Nc1ccc(F)c(F)c1. The zero-order chi connectivity index (χ0) is 16.3. The Hall–Kier alpha value is -2.22. The van der Waals surface area contributed by atoms with Crippen molar-refractivity contribution in [2.75, 3.05) is 13.7 Å². The van der Waals surface area contributed by atoms with Crippen molar-refractivity contribution in [1.29, 1.82) is 0 Å². The van der Waals surface area contributed by atoms with Crippen LogP contribution in [0, 0.1) is 11.6 Å².